The molecule has 0 radical (unpaired) electrons. The fraction of sp³-hybridized carbons (Fsp3) is 0.381. The summed E-state index contributed by atoms with van der Waals surface area (Å²) in [5.74, 6) is 0.366. The average molecular weight is 425 g/mol. The molecule has 2 aliphatic rings. The van der Waals surface area contributed by atoms with E-state index in [-0.39, 0.29) is 18.0 Å². The van der Waals surface area contributed by atoms with Crippen molar-refractivity contribution in [1.29, 1.82) is 0 Å². The number of benzene rings is 1. The predicted octanol–water partition coefficient (Wildman–Crippen LogP) is 1.00. The Balaban J connectivity index is 1.46. The van der Waals surface area contributed by atoms with Crippen LogP contribution in [0.3, 0.4) is 0 Å². The highest BCUT2D eigenvalue weighted by Crippen LogP contribution is 2.26. The van der Waals surface area contributed by atoms with Gasteiger partial charge in [0.15, 0.2) is 0 Å². The van der Waals surface area contributed by atoms with Crippen molar-refractivity contribution >= 4 is 29.0 Å². The van der Waals surface area contributed by atoms with Gasteiger partial charge in [-0.05, 0) is 38.1 Å². The lowest BCUT2D eigenvalue weighted by Crippen LogP contribution is -2.51. The number of primary amides is 1. The van der Waals surface area contributed by atoms with Gasteiger partial charge in [0.2, 0.25) is 5.91 Å². The molecule has 1 aromatic heterocycles. The molecule has 2 amide bonds. The molecule has 1 unspecified atom stereocenters. The fourth-order valence-corrected chi connectivity index (χ4v) is 3.87. The van der Waals surface area contributed by atoms with E-state index in [4.69, 9.17) is 5.73 Å². The van der Waals surface area contributed by atoms with Crippen molar-refractivity contribution < 1.29 is 14.0 Å². The van der Waals surface area contributed by atoms with Crippen LogP contribution in [0.2, 0.25) is 0 Å². The van der Waals surface area contributed by atoms with Crippen molar-refractivity contribution in [2.45, 2.75) is 26.3 Å². The maximum absolute atomic E-state index is 13.3. The van der Waals surface area contributed by atoms with Gasteiger partial charge in [0.1, 0.15) is 29.2 Å². The van der Waals surface area contributed by atoms with Crippen LogP contribution in [-0.2, 0) is 9.59 Å². The van der Waals surface area contributed by atoms with Gasteiger partial charge >= 0.3 is 0 Å². The highest BCUT2D eigenvalue weighted by Gasteiger charge is 2.37. The third-order valence-electron chi connectivity index (χ3n) is 5.42. The van der Waals surface area contributed by atoms with Crippen LogP contribution in [0.25, 0.3) is 0 Å². The second-order valence-electron chi connectivity index (χ2n) is 7.68. The van der Waals surface area contributed by atoms with E-state index in [1.807, 2.05) is 19.9 Å². The Hall–Kier alpha value is -3.56. The van der Waals surface area contributed by atoms with Gasteiger partial charge in [-0.15, -0.1) is 0 Å². The van der Waals surface area contributed by atoms with Crippen molar-refractivity contribution in [3.05, 3.63) is 47.7 Å². The molecule has 3 heterocycles. The number of carbonyl (C=O) groups excluding carboxylic acids is 2. The molecule has 31 heavy (non-hydrogen) atoms. The Morgan fingerprint density at radius 2 is 1.74 bits per heavy atom. The zero-order valence-corrected chi connectivity index (χ0v) is 17.5. The summed E-state index contributed by atoms with van der Waals surface area (Å²) in [6.07, 6.45) is 0.121. The lowest BCUT2D eigenvalue weighted by Gasteiger charge is -2.35. The molecule has 2 aromatic rings. The molecular formula is C21H24FN7O2. The lowest BCUT2D eigenvalue weighted by atomic mass is 10.1. The minimum atomic E-state index is -0.780. The third-order valence-corrected chi connectivity index (χ3v) is 5.42. The van der Waals surface area contributed by atoms with Gasteiger partial charge in [0, 0.05) is 44.4 Å². The maximum atomic E-state index is 13.3. The topological polar surface area (TPSA) is 108 Å². The van der Waals surface area contributed by atoms with E-state index in [9.17, 15) is 14.0 Å². The van der Waals surface area contributed by atoms with E-state index in [1.54, 1.807) is 4.90 Å². The molecule has 1 atom stereocenters. The van der Waals surface area contributed by atoms with Crippen molar-refractivity contribution in [2.24, 2.45) is 10.8 Å². The fourth-order valence-electron chi connectivity index (χ4n) is 3.87. The van der Waals surface area contributed by atoms with Crippen LogP contribution in [-0.4, -0.2) is 64.6 Å². The van der Waals surface area contributed by atoms with Crippen LogP contribution in [0.1, 0.15) is 17.9 Å². The molecule has 0 bridgehead atoms. The summed E-state index contributed by atoms with van der Waals surface area (Å²) in [6.45, 7) is 6.08. The smallest absolute Gasteiger partial charge is 0.270 e. The number of nitrogens with zero attached hydrogens (tertiary/aromatic N) is 6. The molecule has 2 aliphatic heterocycles. The van der Waals surface area contributed by atoms with E-state index in [0.29, 0.717) is 37.7 Å². The first-order chi connectivity index (χ1) is 14.8. The highest BCUT2D eigenvalue weighted by atomic mass is 19.1. The number of halogens is 1. The minimum absolute atomic E-state index is 0.121. The molecule has 0 spiro atoms. The van der Waals surface area contributed by atoms with Gasteiger partial charge in [-0.1, -0.05) is 0 Å². The standard InChI is InChI=1S/C21H24FN7O2/c1-13-11-19(25-14(2)24-13)27-7-9-28(10-8-27)21(31)17-12-18(20(23)30)29(26-17)16-5-3-15(22)4-6-16/h3-6,11,18H,7-10,12H2,1-2H3,(H2,23,30). The number of nitrogens with two attached hydrogens (primary N) is 1. The normalized spacial score (nSPS) is 18.9. The van der Waals surface area contributed by atoms with Crippen LogP contribution in [0.5, 0.6) is 0 Å². The number of hydrogen-bond donors (Lipinski definition) is 1. The maximum Gasteiger partial charge on any atom is 0.270 e. The van der Waals surface area contributed by atoms with Crippen LogP contribution < -0.4 is 15.6 Å². The number of anilines is 2. The van der Waals surface area contributed by atoms with Gasteiger partial charge in [-0.3, -0.25) is 14.6 Å². The number of hydrazone groups is 1. The van der Waals surface area contributed by atoms with E-state index in [1.165, 1.54) is 29.3 Å². The molecule has 10 heteroatoms. The van der Waals surface area contributed by atoms with E-state index < -0.39 is 17.8 Å². The Morgan fingerprint density at radius 1 is 1.06 bits per heavy atom. The zero-order chi connectivity index (χ0) is 22.1. The monoisotopic (exact) mass is 425 g/mol. The first-order valence-electron chi connectivity index (χ1n) is 10.1. The first-order valence-corrected chi connectivity index (χ1v) is 10.1. The van der Waals surface area contributed by atoms with Gasteiger partial charge in [-0.25, -0.2) is 14.4 Å². The van der Waals surface area contributed by atoms with E-state index in [2.05, 4.69) is 20.0 Å². The first kappa shape index (κ1) is 20.7. The van der Waals surface area contributed by atoms with Crippen LogP contribution in [0.4, 0.5) is 15.9 Å². The van der Waals surface area contributed by atoms with Crippen LogP contribution in [0, 0.1) is 19.7 Å². The zero-order valence-electron chi connectivity index (χ0n) is 17.5. The average Bonchev–Trinajstić information content (AvgIpc) is 3.19. The number of piperazine rings is 1. The predicted molar refractivity (Wildman–Crippen MR) is 114 cm³/mol. The highest BCUT2D eigenvalue weighted by molar-refractivity contribution is 6.40. The summed E-state index contributed by atoms with van der Waals surface area (Å²) in [7, 11) is 0. The SMILES string of the molecule is Cc1cc(N2CCN(C(=O)C3=NN(c4ccc(F)cc4)C(C(N)=O)C3)CC2)nc(C)n1. The lowest BCUT2D eigenvalue weighted by molar-refractivity contribution is -0.124. The summed E-state index contributed by atoms with van der Waals surface area (Å²) >= 11 is 0. The van der Waals surface area contributed by atoms with E-state index >= 15 is 0 Å². The number of hydrogen-bond acceptors (Lipinski definition) is 7. The summed E-state index contributed by atoms with van der Waals surface area (Å²) < 4.78 is 13.3. The summed E-state index contributed by atoms with van der Waals surface area (Å²) in [4.78, 5) is 37.6. The molecule has 1 fully saturated rings. The van der Waals surface area contributed by atoms with Gasteiger partial charge in [0.05, 0.1) is 5.69 Å². The van der Waals surface area contributed by atoms with Gasteiger partial charge in [0.25, 0.3) is 5.91 Å². The van der Waals surface area contributed by atoms with Crippen LogP contribution in [0.15, 0.2) is 35.4 Å². The Bertz CT molecular complexity index is 1010. The Morgan fingerprint density at radius 3 is 2.35 bits per heavy atom. The van der Waals surface area contributed by atoms with Crippen molar-refractivity contribution in [1.82, 2.24) is 14.9 Å². The molecule has 2 N–H and O–H groups in total. The molecule has 4 rings (SSSR count). The molecule has 1 aromatic carbocycles. The van der Waals surface area contributed by atoms with Gasteiger partial charge < -0.3 is 15.5 Å². The van der Waals surface area contributed by atoms with Crippen molar-refractivity contribution in [3.63, 3.8) is 0 Å². The summed E-state index contributed by atoms with van der Waals surface area (Å²) in [5, 5.41) is 5.77. The minimum Gasteiger partial charge on any atom is -0.368 e. The number of amides is 2. The largest absolute Gasteiger partial charge is 0.368 e. The quantitative estimate of drug-likeness (QED) is 0.783. The Labute approximate surface area is 179 Å². The molecular weight excluding hydrogens is 401 g/mol. The summed E-state index contributed by atoms with van der Waals surface area (Å²) in [5.41, 5.74) is 7.21. The second kappa shape index (κ2) is 8.29. The van der Waals surface area contributed by atoms with Gasteiger partial charge in [-0.2, -0.15) is 5.10 Å². The molecule has 1 saturated heterocycles. The second-order valence-corrected chi connectivity index (χ2v) is 7.68. The van der Waals surface area contributed by atoms with Crippen molar-refractivity contribution in [3.8, 4) is 0 Å². The van der Waals surface area contributed by atoms with E-state index in [0.717, 1.165) is 11.5 Å². The number of aromatic nitrogens is 2. The summed E-state index contributed by atoms with van der Waals surface area (Å²) in [6, 6.07) is 6.72. The molecule has 162 valence electrons. The number of rotatable bonds is 4. The molecule has 9 nitrogen and oxygen atoms in total. The molecule has 0 saturated carbocycles. The third kappa shape index (κ3) is 4.32. The Kier molecular flexibility index (Phi) is 5.53. The number of aryl methyl sites for hydroxylation is 2. The van der Waals surface area contributed by atoms with Crippen molar-refractivity contribution in [2.75, 3.05) is 36.1 Å². The molecule has 0 aliphatic carbocycles. The number of carbonyl (C=O) groups is 2. The van der Waals surface area contributed by atoms with Crippen LogP contribution >= 0.6 is 0 Å².